The Kier molecular flexibility index (Phi) is 4.65. The number of rotatable bonds is 6. The number of aromatic amines is 1. The Balaban J connectivity index is 2.30. The van der Waals surface area contributed by atoms with Crippen LogP contribution in [-0.4, -0.2) is 30.3 Å². The summed E-state index contributed by atoms with van der Waals surface area (Å²) in [6.07, 6.45) is 0.807. The SMILES string of the molecule is CCc1cccc2c(CC(=O)O)c(-c3ccc(OC)cc3OC)[nH]c12. The van der Waals surface area contributed by atoms with Gasteiger partial charge in [-0.05, 0) is 29.7 Å². The van der Waals surface area contributed by atoms with Crippen molar-refractivity contribution in [3.8, 4) is 22.8 Å². The average Bonchev–Trinajstić information content (AvgIpc) is 2.98. The van der Waals surface area contributed by atoms with E-state index in [1.165, 1.54) is 0 Å². The molecule has 0 aliphatic carbocycles. The highest BCUT2D eigenvalue weighted by atomic mass is 16.5. The highest BCUT2D eigenvalue weighted by Gasteiger charge is 2.20. The number of benzene rings is 2. The van der Waals surface area contributed by atoms with Gasteiger partial charge in [0.15, 0.2) is 0 Å². The van der Waals surface area contributed by atoms with Crippen molar-refractivity contribution >= 4 is 16.9 Å². The number of fused-ring (bicyclic) bond motifs is 1. The maximum absolute atomic E-state index is 11.4. The largest absolute Gasteiger partial charge is 0.497 e. The number of aromatic nitrogens is 1. The monoisotopic (exact) mass is 339 g/mol. The lowest BCUT2D eigenvalue weighted by Crippen LogP contribution is -2.01. The van der Waals surface area contributed by atoms with Crippen LogP contribution in [0.4, 0.5) is 0 Å². The summed E-state index contributed by atoms with van der Waals surface area (Å²) in [7, 11) is 3.19. The van der Waals surface area contributed by atoms with Crippen molar-refractivity contribution in [2.75, 3.05) is 14.2 Å². The minimum Gasteiger partial charge on any atom is -0.497 e. The lowest BCUT2D eigenvalue weighted by molar-refractivity contribution is -0.136. The summed E-state index contributed by atoms with van der Waals surface area (Å²) in [4.78, 5) is 14.9. The maximum atomic E-state index is 11.4. The quantitative estimate of drug-likeness (QED) is 0.711. The molecule has 0 radical (unpaired) electrons. The molecule has 5 nitrogen and oxygen atoms in total. The Morgan fingerprint density at radius 3 is 2.60 bits per heavy atom. The summed E-state index contributed by atoms with van der Waals surface area (Å²) in [5.41, 5.74) is 4.49. The predicted molar refractivity (Wildman–Crippen MR) is 97.6 cm³/mol. The fourth-order valence-corrected chi connectivity index (χ4v) is 3.20. The number of aliphatic carboxylic acids is 1. The first-order valence-corrected chi connectivity index (χ1v) is 8.15. The Bertz CT molecular complexity index is 927. The van der Waals surface area contributed by atoms with E-state index in [2.05, 4.69) is 18.0 Å². The highest BCUT2D eigenvalue weighted by Crippen LogP contribution is 2.38. The highest BCUT2D eigenvalue weighted by molar-refractivity contribution is 5.96. The topological polar surface area (TPSA) is 71.6 Å². The van der Waals surface area contributed by atoms with Crippen molar-refractivity contribution in [2.45, 2.75) is 19.8 Å². The van der Waals surface area contributed by atoms with Gasteiger partial charge < -0.3 is 19.6 Å². The number of ether oxygens (including phenoxy) is 2. The van der Waals surface area contributed by atoms with Crippen molar-refractivity contribution in [3.05, 3.63) is 47.5 Å². The number of H-pyrrole nitrogens is 1. The summed E-state index contributed by atoms with van der Waals surface area (Å²) in [5.74, 6) is 0.456. The number of hydrogen-bond donors (Lipinski definition) is 2. The fourth-order valence-electron chi connectivity index (χ4n) is 3.20. The summed E-state index contributed by atoms with van der Waals surface area (Å²) in [6.45, 7) is 2.08. The lowest BCUT2D eigenvalue weighted by Gasteiger charge is -2.11. The molecule has 0 unspecified atom stereocenters. The molecule has 25 heavy (non-hydrogen) atoms. The molecule has 130 valence electrons. The number of nitrogens with one attached hydrogen (secondary N) is 1. The van der Waals surface area contributed by atoms with E-state index < -0.39 is 5.97 Å². The molecular formula is C20H21NO4. The molecule has 0 saturated heterocycles. The van der Waals surface area contributed by atoms with E-state index in [1.807, 2.05) is 24.3 Å². The zero-order chi connectivity index (χ0) is 18.0. The van der Waals surface area contributed by atoms with Crippen LogP contribution in [0, 0.1) is 0 Å². The van der Waals surface area contributed by atoms with Crippen LogP contribution in [0.3, 0.4) is 0 Å². The van der Waals surface area contributed by atoms with Gasteiger partial charge in [0.25, 0.3) is 0 Å². The van der Waals surface area contributed by atoms with Crippen LogP contribution in [0.25, 0.3) is 22.2 Å². The molecule has 0 atom stereocenters. The van der Waals surface area contributed by atoms with Crippen molar-refractivity contribution in [3.63, 3.8) is 0 Å². The van der Waals surface area contributed by atoms with E-state index in [4.69, 9.17) is 9.47 Å². The van der Waals surface area contributed by atoms with Gasteiger partial charge >= 0.3 is 5.97 Å². The van der Waals surface area contributed by atoms with Gasteiger partial charge in [-0.3, -0.25) is 4.79 Å². The van der Waals surface area contributed by atoms with E-state index in [0.717, 1.165) is 39.7 Å². The molecule has 0 amide bonds. The standard InChI is InChI=1S/C20H21NO4/c1-4-12-6-5-7-14-16(11-18(22)23)20(21-19(12)14)15-9-8-13(24-2)10-17(15)25-3/h5-10,21H,4,11H2,1-3H3,(H,22,23). The van der Waals surface area contributed by atoms with Crippen LogP contribution in [0.2, 0.25) is 0 Å². The first-order chi connectivity index (χ1) is 12.1. The van der Waals surface area contributed by atoms with Crippen LogP contribution in [0.1, 0.15) is 18.1 Å². The number of aryl methyl sites for hydroxylation is 1. The van der Waals surface area contributed by atoms with E-state index in [-0.39, 0.29) is 6.42 Å². The molecule has 1 aromatic heterocycles. The van der Waals surface area contributed by atoms with Gasteiger partial charge in [0.1, 0.15) is 11.5 Å². The molecule has 3 rings (SSSR count). The molecule has 0 aliphatic rings. The molecule has 0 spiro atoms. The summed E-state index contributed by atoms with van der Waals surface area (Å²) in [6, 6.07) is 11.5. The van der Waals surface area contributed by atoms with Crippen LogP contribution in [0.15, 0.2) is 36.4 Å². The molecule has 0 bridgehead atoms. The zero-order valence-corrected chi connectivity index (χ0v) is 14.6. The van der Waals surface area contributed by atoms with Crippen molar-refractivity contribution in [1.82, 2.24) is 4.98 Å². The molecule has 5 heteroatoms. The van der Waals surface area contributed by atoms with Gasteiger partial charge in [-0.1, -0.05) is 25.1 Å². The van der Waals surface area contributed by atoms with Gasteiger partial charge in [-0.25, -0.2) is 0 Å². The molecule has 0 fully saturated rings. The van der Waals surface area contributed by atoms with Gasteiger partial charge in [-0.2, -0.15) is 0 Å². The Labute approximate surface area is 146 Å². The number of carboxylic acid groups (broad SMARTS) is 1. The van der Waals surface area contributed by atoms with Crippen LogP contribution in [0.5, 0.6) is 11.5 Å². The van der Waals surface area contributed by atoms with Crippen LogP contribution in [-0.2, 0) is 17.6 Å². The average molecular weight is 339 g/mol. The second-order valence-corrected chi connectivity index (χ2v) is 5.81. The smallest absolute Gasteiger partial charge is 0.307 e. The first kappa shape index (κ1) is 16.9. The van der Waals surface area contributed by atoms with Gasteiger partial charge in [0.05, 0.1) is 26.3 Å². The summed E-state index contributed by atoms with van der Waals surface area (Å²) < 4.78 is 10.8. The normalized spacial score (nSPS) is 10.8. The number of methoxy groups -OCH3 is 2. The molecule has 1 heterocycles. The Morgan fingerprint density at radius 2 is 1.96 bits per heavy atom. The molecule has 3 aromatic rings. The number of hydrogen-bond acceptors (Lipinski definition) is 3. The maximum Gasteiger partial charge on any atom is 0.307 e. The summed E-state index contributed by atoms with van der Waals surface area (Å²) >= 11 is 0. The molecule has 0 aliphatic heterocycles. The van der Waals surface area contributed by atoms with E-state index >= 15 is 0 Å². The van der Waals surface area contributed by atoms with E-state index in [1.54, 1.807) is 20.3 Å². The minimum absolute atomic E-state index is 0.0579. The Morgan fingerprint density at radius 1 is 1.16 bits per heavy atom. The number of carboxylic acids is 1. The van der Waals surface area contributed by atoms with E-state index in [9.17, 15) is 9.90 Å². The van der Waals surface area contributed by atoms with Crippen LogP contribution >= 0.6 is 0 Å². The van der Waals surface area contributed by atoms with E-state index in [0.29, 0.717) is 11.5 Å². The molecule has 2 aromatic carbocycles. The third-order valence-electron chi connectivity index (χ3n) is 4.41. The van der Waals surface area contributed by atoms with Crippen molar-refractivity contribution < 1.29 is 19.4 Å². The third kappa shape index (κ3) is 3.05. The predicted octanol–water partition coefficient (Wildman–Crippen LogP) is 4.04. The first-order valence-electron chi connectivity index (χ1n) is 8.15. The van der Waals surface area contributed by atoms with Gasteiger partial charge in [-0.15, -0.1) is 0 Å². The van der Waals surface area contributed by atoms with Crippen molar-refractivity contribution in [2.24, 2.45) is 0 Å². The number of carbonyl (C=O) groups is 1. The zero-order valence-electron chi connectivity index (χ0n) is 14.6. The molecule has 2 N–H and O–H groups in total. The molecular weight excluding hydrogens is 318 g/mol. The minimum atomic E-state index is -0.864. The third-order valence-corrected chi connectivity index (χ3v) is 4.41. The summed E-state index contributed by atoms with van der Waals surface area (Å²) in [5, 5.41) is 10.3. The second kappa shape index (κ2) is 6.89. The Hall–Kier alpha value is -2.95. The van der Waals surface area contributed by atoms with Gasteiger partial charge in [0, 0.05) is 22.5 Å². The lowest BCUT2D eigenvalue weighted by atomic mass is 10.0. The van der Waals surface area contributed by atoms with Crippen LogP contribution < -0.4 is 9.47 Å². The molecule has 0 saturated carbocycles. The fraction of sp³-hybridized carbons (Fsp3) is 0.250. The van der Waals surface area contributed by atoms with Gasteiger partial charge in [0.2, 0.25) is 0 Å². The second-order valence-electron chi connectivity index (χ2n) is 5.81. The van der Waals surface area contributed by atoms with Crippen molar-refractivity contribution in [1.29, 1.82) is 0 Å². The number of para-hydroxylation sites is 1.